The van der Waals surface area contributed by atoms with Crippen LogP contribution in [0, 0.1) is 6.92 Å². The van der Waals surface area contributed by atoms with E-state index in [2.05, 4.69) is 27.6 Å². The molecule has 6 nitrogen and oxygen atoms in total. The number of hydrogen-bond acceptors (Lipinski definition) is 5. The van der Waals surface area contributed by atoms with Crippen LogP contribution in [0.2, 0.25) is 0 Å². The summed E-state index contributed by atoms with van der Waals surface area (Å²) in [4.78, 5) is 12.5. The fraction of sp³-hybridized carbons (Fsp3) is 0.208. The van der Waals surface area contributed by atoms with Crippen LogP contribution in [0.1, 0.15) is 18.3 Å². The zero-order valence-corrected chi connectivity index (χ0v) is 18.5. The Labute approximate surface area is 185 Å². The number of carbonyl (C=O) groups excluding carboxylic acids is 1. The van der Waals surface area contributed by atoms with E-state index in [1.54, 1.807) is 0 Å². The average Bonchev–Trinajstić information content (AvgIpc) is 3.12. The van der Waals surface area contributed by atoms with Crippen LogP contribution in [0.25, 0.3) is 10.8 Å². The minimum absolute atomic E-state index is 0.0779. The summed E-state index contributed by atoms with van der Waals surface area (Å²) in [5.74, 6) is 1.40. The lowest BCUT2D eigenvalue weighted by molar-refractivity contribution is -0.115. The first kappa shape index (κ1) is 20.9. The molecule has 1 atom stereocenters. The molecule has 0 saturated carbocycles. The highest BCUT2D eigenvalue weighted by molar-refractivity contribution is 8.00. The molecule has 0 aliphatic carbocycles. The molecule has 31 heavy (non-hydrogen) atoms. The topological polar surface area (TPSA) is 69.0 Å². The Kier molecular flexibility index (Phi) is 6.23. The molecule has 0 spiro atoms. The molecule has 4 aromatic rings. The molecule has 1 aromatic heterocycles. The molecule has 0 radical (unpaired) electrons. The Hall–Kier alpha value is -3.32. The summed E-state index contributed by atoms with van der Waals surface area (Å²) in [6.07, 6.45) is 0. The monoisotopic (exact) mass is 432 g/mol. The van der Waals surface area contributed by atoms with E-state index in [0.29, 0.717) is 17.6 Å². The van der Waals surface area contributed by atoms with E-state index in [1.807, 2.05) is 80.1 Å². The van der Waals surface area contributed by atoms with Gasteiger partial charge >= 0.3 is 0 Å². The Morgan fingerprint density at radius 2 is 1.81 bits per heavy atom. The molecule has 1 amide bonds. The maximum absolute atomic E-state index is 12.5. The van der Waals surface area contributed by atoms with Gasteiger partial charge in [0.2, 0.25) is 5.91 Å². The lowest BCUT2D eigenvalue weighted by atomic mass is 10.1. The molecule has 0 aliphatic heterocycles. The third kappa shape index (κ3) is 5.06. The van der Waals surface area contributed by atoms with Gasteiger partial charge < -0.3 is 14.6 Å². The summed E-state index contributed by atoms with van der Waals surface area (Å²) in [7, 11) is 1.88. The highest BCUT2D eigenvalue weighted by Gasteiger charge is 2.19. The van der Waals surface area contributed by atoms with E-state index < -0.39 is 0 Å². The lowest BCUT2D eigenvalue weighted by Gasteiger charge is -2.12. The molecule has 1 heterocycles. The quantitative estimate of drug-likeness (QED) is 0.417. The van der Waals surface area contributed by atoms with Gasteiger partial charge in [0.15, 0.2) is 11.0 Å². The Balaban J connectivity index is 1.36. The molecule has 0 saturated heterocycles. The Morgan fingerprint density at radius 3 is 2.58 bits per heavy atom. The van der Waals surface area contributed by atoms with Crippen molar-refractivity contribution in [3.05, 3.63) is 78.1 Å². The third-order valence-corrected chi connectivity index (χ3v) is 6.12. The van der Waals surface area contributed by atoms with E-state index in [0.717, 1.165) is 22.4 Å². The van der Waals surface area contributed by atoms with E-state index in [9.17, 15) is 4.79 Å². The van der Waals surface area contributed by atoms with Gasteiger partial charge in [0.05, 0.1) is 5.25 Å². The maximum Gasteiger partial charge on any atom is 0.237 e. The standard InChI is InChI=1S/C24H24N4O2S/c1-16-8-11-20(12-9-16)25-23(29)17(2)31-24-27-26-22(28(24)3)15-30-21-13-10-18-6-4-5-7-19(18)14-21/h4-14,17H,15H2,1-3H3,(H,25,29)/t17-/m0/s1. The number of fused-ring (bicyclic) bond motifs is 1. The molecule has 1 N–H and O–H groups in total. The normalized spacial score (nSPS) is 12.0. The van der Waals surface area contributed by atoms with Gasteiger partial charge in [-0.05, 0) is 48.9 Å². The lowest BCUT2D eigenvalue weighted by Crippen LogP contribution is -2.22. The van der Waals surface area contributed by atoms with Gasteiger partial charge in [-0.2, -0.15) is 0 Å². The number of aryl methyl sites for hydroxylation is 1. The molecular weight excluding hydrogens is 408 g/mol. The van der Waals surface area contributed by atoms with Crippen LogP contribution in [0.5, 0.6) is 5.75 Å². The second kappa shape index (κ2) is 9.22. The fourth-order valence-corrected chi connectivity index (χ4v) is 3.90. The summed E-state index contributed by atoms with van der Waals surface area (Å²) in [6, 6.07) is 21.9. The van der Waals surface area contributed by atoms with Crippen LogP contribution in [0.3, 0.4) is 0 Å². The molecular formula is C24H24N4O2S. The highest BCUT2D eigenvalue weighted by atomic mass is 32.2. The number of aromatic nitrogens is 3. The fourth-order valence-electron chi connectivity index (χ4n) is 3.07. The van der Waals surface area contributed by atoms with Crippen molar-refractivity contribution in [3.8, 4) is 5.75 Å². The van der Waals surface area contributed by atoms with Crippen LogP contribution >= 0.6 is 11.8 Å². The minimum Gasteiger partial charge on any atom is -0.486 e. The van der Waals surface area contributed by atoms with Gasteiger partial charge in [-0.3, -0.25) is 4.79 Å². The second-order valence-corrected chi connectivity index (χ2v) is 8.68. The molecule has 0 bridgehead atoms. The van der Waals surface area contributed by atoms with E-state index in [4.69, 9.17) is 4.74 Å². The number of rotatable bonds is 7. The molecule has 3 aromatic carbocycles. The van der Waals surface area contributed by atoms with Crippen molar-refractivity contribution < 1.29 is 9.53 Å². The zero-order chi connectivity index (χ0) is 21.8. The number of thioether (sulfide) groups is 1. The highest BCUT2D eigenvalue weighted by Crippen LogP contribution is 2.24. The van der Waals surface area contributed by atoms with Crippen molar-refractivity contribution >= 4 is 34.1 Å². The van der Waals surface area contributed by atoms with Gasteiger partial charge in [0, 0.05) is 12.7 Å². The summed E-state index contributed by atoms with van der Waals surface area (Å²) in [5.41, 5.74) is 1.93. The van der Waals surface area contributed by atoms with Gasteiger partial charge in [0.1, 0.15) is 12.4 Å². The predicted octanol–water partition coefficient (Wildman–Crippen LogP) is 4.98. The number of nitrogens with one attached hydrogen (secondary N) is 1. The summed E-state index contributed by atoms with van der Waals surface area (Å²) in [5, 5.41) is 14.1. The summed E-state index contributed by atoms with van der Waals surface area (Å²) < 4.78 is 7.79. The largest absolute Gasteiger partial charge is 0.486 e. The predicted molar refractivity (Wildman–Crippen MR) is 124 cm³/mol. The molecule has 158 valence electrons. The van der Waals surface area contributed by atoms with Gasteiger partial charge in [-0.1, -0.05) is 59.8 Å². The van der Waals surface area contributed by atoms with Crippen molar-refractivity contribution in [2.24, 2.45) is 7.05 Å². The third-order valence-electron chi connectivity index (χ3n) is 4.98. The number of nitrogens with zero attached hydrogens (tertiary/aromatic N) is 3. The first-order valence-corrected chi connectivity index (χ1v) is 10.9. The maximum atomic E-state index is 12.5. The number of anilines is 1. The second-order valence-electron chi connectivity index (χ2n) is 7.37. The SMILES string of the molecule is Cc1ccc(NC(=O)[C@H](C)Sc2nnc(COc3ccc4ccccc4c3)n2C)cc1. The number of amides is 1. The molecule has 0 fully saturated rings. The first-order chi connectivity index (χ1) is 15.0. The van der Waals surface area contributed by atoms with Crippen LogP contribution in [0.4, 0.5) is 5.69 Å². The number of benzene rings is 3. The zero-order valence-electron chi connectivity index (χ0n) is 17.7. The smallest absolute Gasteiger partial charge is 0.237 e. The van der Waals surface area contributed by atoms with E-state index >= 15 is 0 Å². The molecule has 7 heteroatoms. The Morgan fingerprint density at radius 1 is 1.06 bits per heavy atom. The van der Waals surface area contributed by atoms with Gasteiger partial charge in [0.25, 0.3) is 0 Å². The van der Waals surface area contributed by atoms with Gasteiger partial charge in [-0.15, -0.1) is 10.2 Å². The van der Waals surface area contributed by atoms with Crippen LogP contribution in [-0.4, -0.2) is 25.9 Å². The first-order valence-electron chi connectivity index (χ1n) is 10.0. The van der Waals surface area contributed by atoms with Crippen molar-refractivity contribution in [2.45, 2.75) is 30.9 Å². The van der Waals surface area contributed by atoms with E-state index in [-0.39, 0.29) is 11.2 Å². The molecule has 4 rings (SSSR count). The van der Waals surface area contributed by atoms with Crippen LogP contribution in [-0.2, 0) is 18.4 Å². The summed E-state index contributed by atoms with van der Waals surface area (Å²) >= 11 is 1.37. The van der Waals surface area contributed by atoms with Gasteiger partial charge in [-0.25, -0.2) is 0 Å². The van der Waals surface area contributed by atoms with Crippen LogP contribution < -0.4 is 10.1 Å². The minimum atomic E-state index is -0.321. The van der Waals surface area contributed by atoms with Crippen molar-refractivity contribution in [1.82, 2.24) is 14.8 Å². The number of ether oxygens (including phenoxy) is 1. The number of carbonyl (C=O) groups is 1. The summed E-state index contributed by atoms with van der Waals surface area (Å²) in [6.45, 7) is 4.17. The Bertz CT molecular complexity index is 1200. The molecule has 0 unspecified atom stereocenters. The van der Waals surface area contributed by atoms with E-state index in [1.165, 1.54) is 17.1 Å². The average molecular weight is 433 g/mol. The van der Waals surface area contributed by atoms with Crippen molar-refractivity contribution in [2.75, 3.05) is 5.32 Å². The van der Waals surface area contributed by atoms with Crippen molar-refractivity contribution in [3.63, 3.8) is 0 Å². The molecule has 0 aliphatic rings. The van der Waals surface area contributed by atoms with Crippen molar-refractivity contribution in [1.29, 1.82) is 0 Å². The van der Waals surface area contributed by atoms with Crippen LogP contribution in [0.15, 0.2) is 71.9 Å². The number of hydrogen-bond donors (Lipinski definition) is 1.